The zero-order chi connectivity index (χ0) is 11.7. The molecule has 4 heteroatoms. The van der Waals surface area contributed by atoms with Crippen molar-refractivity contribution in [3.8, 4) is 0 Å². The van der Waals surface area contributed by atoms with Crippen LogP contribution in [0.25, 0.3) is 11.0 Å². The fourth-order valence-corrected chi connectivity index (χ4v) is 2.45. The number of hydrogen-bond acceptors (Lipinski definition) is 3. The van der Waals surface area contributed by atoms with Crippen LogP contribution in [-0.2, 0) is 6.54 Å². The Kier molecular flexibility index (Phi) is 2.82. The number of nitrogens with one attached hydrogen (secondary N) is 2. The molecule has 2 aromatic rings. The lowest BCUT2D eigenvalue weighted by Gasteiger charge is -2.31. The number of imidazole rings is 1. The first kappa shape index (κ1) is 10.7. The molecular formula is C13H18N4. The van der Waals surface area contributed by atoms with E-state index < -0.39 is 0 Å². The van der Waals surface area contributed by atoms with E-state index in [0.29, 0.717) is 6.04 Å². The van der Waals surface area contributed by atoms with E-state index in [9.17, 15) is 0 Å². The predicted molar refractivity (Wildman–Crippen MR) is 68.8 cm³/mol. The number of piperazine rings is 1. The maximum atomic E-state index is 4.61. The van der Waals surface area contributed by atoms with E-state index in [4.69, 9.17) is 0 Å². The van der Waals surface area contributed by atoms with Crippen LogP contribution < -0.4 is 5.32 Å². The Morgan fingerprint density at radius 3 is 3.12 bits per heavy atom. The number of aromatic amines is 1. The van der Waals surface area contributed by atoms with Crippen LogP contribution in [0, 0.1) is 0 Å². The van der Waals surface area contributed by atoms with Crippen LogP contribution in [0.1, 0.15) is 12.7 Å². The summed E-state index contributed by atoms with van der Waals surface area (Å²) in [6, 6.07) is 8.77. The Morgan fingerprint density at radius 2 is 2.29 bits per heavy atom. The number of aromatic nitrogens is 2. The zero-order valence-electron chi connectivity index (χ0n) is 10.1. The summed E-state index contributed by atoms with van der Waals surface area (Å²) in [4.78, 5) is 10.4. The molecule has 0 radical (unpaired) electrons. The Balaban J connectivity index is 1.75. The van der Waals surface area contributed by atoms with Gasteiger partial charge in [0.2, 0.25) is 0 Å². The Morgan fingerprint density at radius 1 is 1.41 bits per heavy atom. The molecule has 90 valence electrons. The summed E-state index contributed by atoms with van der Waals surface area (Å²) in [6.07, 6.45) is 0. The van der Waals surface area contributed by atoms with Gasteiger partial charge in [-0.05, 0) is 19.1 Å². The van der Waals surface area contributed by atoms with Crippen molar-refractivity contribution in [2.24, 2.45) is 0 Å². The van der Waals surface area contributed by atoms with Crippen molar-refractivity contribution in [2.75, 3.05) is 19.6 Å². The number of benzene rings is 1. The van der Waals surface area contributed by atoms with E-state index in [0.717, 1.165) is 43.0 Å². The van der Waals surface area contributed by atoms with Gasteiger partial charge in [0.1, 0.15) is 5.82 Å². The molecule has 3 rings (SSSR count). The molecule has 1 fully saturated rings. The van der Waals surface area contributed by atoms with Gasteiger partial charge in [-0.2, -0.15) is 0 Å². The van der Waals surface area contributed by atoms with Gasteiger partial charge in [0, 0.05) is 25.7 Å². The van der Waals surface area contributed by atoms with Gasteiger partial charge in [-0.3, -0.25) is 4.90 Å². The standard InChI is InChI=1S/C13H18N4/c1-10-8-17(7-6-14-10)9-13-15-11-4-2-3-5-12(11)16-13/h2-5,10,14H,6-9H2,1H3,(H,15,16). The molecule has 1 atom stereocenters. The third-order valence-corrected chi connectivity index (χ3v) is 3.26. The molecule has 1 saturated heterocycles. The summed E-state index contributed by atoms with van der Waals surface area (Å²) in [5.74, 6) is 1.07. The van der Waals surface area contributed by atoms with Crippen molar-refractivity contribution < 1.29 is 0 Å². The molecule has 4 nitrogen and oxygen atoms in total. The maximum absolute atomic E-state index is 4.61. The Labute approximate surface area is 101 Å². The molecule has 1 aliphatic heterocycles. The van der Waals surface area contributed by atoms with Crippen molar-refractivity contribution in [3.63, 3.8) is 0 Å². The summed E-state index contributed by atoms with van der Waals surface area (Å²) < 4.78 is 0. The molecule has 0 bridgehead atoms. The van der Waals surface area contributed by atoms with Gasteiger partial charge in [0.25, 0.3) is 0 Å². The van der Waals surface area contributed by atoms with Crippen molar-refractivity contribution in [1.82, 2.24) is 20.2 Å². The average molecular weight is 230 g/mol. The van der Waals surface area contributed by atoms with Crippen LogP contribution in [0.2, 0.25) is 0 Å². The maximum Gasteiger partial charge on any atom is 0.121 e. The highest BCUT2D eigenvalue weighted by Crippen LogP contribution is 2.12. The lowest BCUT2D eigenvalue weighted by Crippen LogP contribution is -2.48. The minimum Gasteiger partial charge on any atom is -0.341 e. The fraction of sp³-hybridized carbons (Fsp3) is 0.462. The zero-order valence-corrected chi connectivity index (χ0v) is 10.1. The molecule has 1 aromatic heterocycles. The normalized spacial score (nSPS) is 22.1. The van der Waals surface area contributed by atoms with Gasteiger partial charge in [0.05, 0.1) is 17.6 Å². The molecule has 0 amide bonds. The largest absolute Gasteiger partial charge is 0.341 e. The number of rotatable bonds is 2. The number of nitrogens with zero attached hydrogens (tertiary/aromatic N) is 2. The molecule has 17 heavy (non-hydrogen) atoms. The Hall–Kier alpha value is -1.39. The number of H-pyrrole nitrogens is 1. The molecule has 1 aliphatic rings. The second-order valence-corrected chi connectivity index (χ2v) is 4.79. The smallest absolute Gasteiger partial charge is 0.121 e. The number of para-hydroxylation sites is 2. The van der Waals surface area contributed by atoms with Crippen LogP contribution in [-0.4, -0.2) is 40.5 Å². The van der Waals surface area contributed by atoms with Crippen LogP contribution in [0.3, 0.4) is 0 Å². The van der Waals surface area contributed by atoms with E-state index in [1.54, 1.807) is 0 Å². The van der Waals surface area contributed by atoms with E-state index in [1.165, 1.54) is 0 Å². The van der Waals surface area contributed by atoms with E-state index in [1.807, 2.05) is 12.1 Å². The summed E-state index contributed by atoms with van der Waals surface area (Å²) >= 11 is 0. The fourth-order valence-electron chi connectivity index (χ4n) is 2.45. The van der Waals surface area contributed by atoms with Gasteiger partial charge < -0.3 is 10.3 Å². The molecule has 0 aliphatic carbocycles. The van der Waals surface area contributed by atoms with Gasteiger partial charge in [-0.1, -0.05) is 12.1 Å². The minimum absolute atomic E-state index is 0.577. The molecule has 1 aromatic carbocycles. The highest BCUT2D eigenvalue weighted by atomic mass is 15.2. The van der Waals surface area contributed by atoms with Gasteiger partial charge in [-0.25, -0.2) is 4.98 Å². The monoisotopic (exact) mass is 230 g/mol. The number of hydrogen-bond donors (Lipinski definition) is 2. The second-order valence-electron chi connectivity index (χ2n) is 4.79. The highest BCUT2D eigenvalue weighted by Gasteiger charge is 2.16. The summed E-state index contributed by atoms with van der Waals surface area (Å²) in [5.41, 5.74) is 2.19. The third-order valence-electron chi connectivity index (χ3n) is 3.26. The topological polar surface area (TPSA) is 44.0 Å². The highest BCUT2D eigenvalue weighted by molar-refractivity contribution is 5.74. The Bertz CT molecular complexity index is 472. The van der Waals surface area contributed by atoms with Crippen LogP contribution in [0.5, 0.6) is 0 Å². The lowest BCUT2D eigenvalue weighted by atomic mass is 10.2. The SMILES string of the molecule is CC1CN(Cc2nc3ccccc3[nH]2)CCN1. The predicted octanol–water partition coefficient (Wildman–Crippen LogP) is 1.36. The first-order valence-electron chi connectivity index (χ1n) is 6.20. The van der Waals surface area contributed by atoms with E-state index in [-0.39, 0.29) is 0 Å². The van der Waals surface area contributed by atoms with Gasteiger partial charge in [0.15, 0.2) is 0 Å². The third kappa shape index (κ3) is 2.33. The lowest BCUT2D eigenvalue weighted by molar-refractivity contribution is 0.196. The first-order chi connectivity index (χ1) is 8.31. The van der Waals surface area contributed by atoms with Crippen molar-refractivity contribution in [3.05, 3.63) is 30.1 Å². The average Bonchev–Trinajstić information content (AvgIpc) is 2.71. The molecular weight excluding hydrogens is 212 g/mol. The second kappa shape index (κ2) is 4.47. The van der Waals surface area contributed by atoms with Crippen LogP contribution in [0.15, 0.2) is 24.3 Å². The minimum atomic E-state index is 0.577. The molecule has 1 unspecified atom stereocenters. The summed E-state index contributed by atoms with van der Waals surface area (Å²) in [6.45, 7) is 6.41. The number of fused-ring (bicyclic) bond motifs is 1. The summed E-state index contributed by atoms with van der Waals surface area (Å²) in [7, 11) is 0. The van der Waals surface area contributed by atoms with Gasteiger partial charge in [-0.15, -0.1) is 0 Å². The molecule has 0 saturated carbocycles. The van der Waals surface area contributed by atoms with Crippen molar-refractivity contribution >= 4 is 11.0 Å². The van der Waals surface area contributed by atoms with Crippen LogP contribution in [0.4, 0.5) is 0 Å². The molecule has 2 heterocycles. The van der Waals surface area contributed by atoms with Crippen molar-refractivity contribution in [2.45, 2.75) is 19.5 Å². The summed E-state index contributed by atoms with van der Waals surface area (Å²) in [5, 5.41) is 3.45. The van der Waals surface area contributed by atoms with Crippen LogP contribution >= 0.6 is 0 Å². The van der Waals surface area contributed by atoms with Crippen molar-refractivity contribution in [1.29, 1.82) is 0 Å². The van der Waals surface area contributed by atoms with Gasteiger partial charge >= 0.3 is 0 Å². The molecule has 2 N–H and O–H groups in total. The molecule has 0 spiro atoms. The quantitative estimate of drug-likeness (QED) is 0.818. The first-order valence-corrected chi connectivity index (χ1v) is 6.20. The van der Waals surface area contributed by atoms with E-state index in [2.05, 4.69) is 39.2 Å². The van der Waals surface area contributed by atoms with E-state index >= 15 is 0 Å².